The second kappa shape index (κ2) is 4.81. The van der Waals surface area contributed by atoms with Crippen LogP contribution in [0, 0.1) is 0 Å². The van der Waals surface area contributed by atoms with Crippen molar-refractivity contribution >= 4 is 0 Å². The van der Waals surface area contributed by atoms with Gasteiger partial charge in [-0.25, -0.2) is 0 Å². The van der Waals surface area contributed by atoms with E-state index in [0.717, 1.165) is 6.54 Å². The predicted octanol–water partition coefficient (Wildman–Crippen LogP) is 1.24. The number of rotatable bonds is 2. The van der Waals surface area contributed by atoms with Gasteiger partial charge < -0.3 is 10.1 Å². The van der Waals surface area contributed by atoms with E-state index < -0.39 is 0 Å². The zero-order valence-electron chi connectivity index (χ0n) is 10.2. The van der Waals surface area contributed by atoms with Crippen LogP contribution in [-0.2, 0) is 4.74 Å². The van der Waals surface area contributed by atoms with Crippen LogP contribution >= 0.6 is 0 Å². The standard InChI is InChI=1S/C12H24N2O/c1-9-8-14(10(2)7-13-9)11-5-4-6-12(11)15-3/h9-13H,4-8H2,1-3H3. The molecular formula is C12H24N2O. The maximum absolute atomic E-state index is 5.60. The molecule has 1 heterocycles. The van der Waals surface area contributed by atoms with E-state index >= 15 is 0 Å². The van der Waals surface area contributed by atoms with Crippen LogP contribution in [-0.4, -0.2) is 49.3 Å². The van der Waals surface area contributed by atoms with E-state index in [1.165, 1.54) is 25.8 Å². The third kappa shape index (κ3) is 2.35. The van der Waals surface area contributed by atoms with Gasteiger partial charge in [0.2, 0.25) is 0 Å². The SMILES string of the molecule is COC1CCCC1N1CC(C)NCC1C. The molecule has 1 N–H and O–H groups in total. The summed E-state index contributed by atoms with van der Waals surface area (Å²) in [6.45, 7) is 6.89. The molecule has 3 heteroatoms. The Labute approximate surface area is 93.2 Å². The Hall–Kier alpha value is -0.120. The predicted molar refractivity (Wildman–Crippen MR) is 62.1 cm³/mol. The van der Waals surface area contributed by atoms with Gasteiger partial charge in [-0.15, -0.1) is 0 Å². The highest BCUT2D eigenvalue weighted by Gasteiger charge is 2.36. The number of nitrogens with one attached hydrogen (secondary N) is 1. The second-order valence-electron chi connectivity index (χ2n) is 5.13. The van der Waals surface area contributed by atoms with E-state index in [1.54, 1.807) is 0 Å². The van der Waals surface area contributed by atoms with Gasteiger partial charge in [0.05, 0.1) is 6.10 Å². The van der Waals surface area contributed by atoms with Gasteiger partial charge in [0.1, 0.15) is 0 Å². The summed E-state index contributed by atoms with van der Waals surface area (Å²) in [6, 6.07) is 1.94. The Bertz CT molecular complexity index is 210. The first-order valence-corrected chi connectivity index (χ1v) is 6.24. The van der Waals surface area contributed by atoms with Crippen molar-refractivity contribution in [1.29, 1.82) is 0 Å². The van der Waals surface area contributed by atoms with Crippen LogP contribution < -0.4 is 5.32 Å². The molecule has 0 aromatic carbocycles. The quantitative estimate of drug-likeness (QED) is 0.745. The van der Waals surface area contributed by atoms with Crippen molar-refractivity contribution in [2.75, 3.05) is 20.2 Å². The number of ether oxygens (including phenoxy) is 1. The molecule has 15 heavy (non-hydrogen) atoms. The molecule has 2 fully saturated rings. The van der Waals surface area contributed by atoms with Crippen LogP contribution in [0.4, 0.5) is 0 Å². The van der Waals surface area contributed by atoms with Crippen molar-refractivity contribution in [3.8, 4) is 0 Å². The summed E-state index contributed by atoms with van der Waals surface area (Å²) in [6.07, 6.45) is 4.36. The molecule has 0 radical (unpaired) electrons. The van der Waals surface area contributed by atoms with E-state index in [9.17, 15) is 0 Å². The van der Waals surface area contributed by atoms with Crippen LogP contribution in [0.3, 0.4) is 0 Å². The van der Waals surface area contributed by atoms with Crippen molar-refractivity contribution in [3.63, 3.8) is 0 Å². The fourth-order valence-corrected chi connectivity index (χ4v) is 3.07. The molecule has 0 bridgehead atoms. The van der Waals surface area contributed by atoms with Crippen LogP contribution in [0.2, 0.25) is 0 Å². The van der Waals surface area contributed by atoms with Crippen molar-refractivity contribution in [1.82, 2.24) is 10.2 Å². The third-order valence-electron chi connectivity index (χ3n) is 3.96. The van der Waals surface area contributed by atoms with Gasteiger partial charge >= 0.3 is 0 Å². The lowest BCUT2D eigenvalue weighted by atomic mass is 10.1. The molecule has 4 atom stereocenters. The van der Waals surface area contributed by atoms with E-state index in [4.69, 9.17) is 4.74 Å². The molecule has 0 aromatic rings. The Balaban J connectivity index is 2.00. The van der Waals surface area contributed by atoms with E-state index in [-0.39, 0.29) is 0 Å². The number of hydrogen-bond donors (Lipinski definition) is 1. The van der Waals surface area contributed by atoms with Crippen LogP contribution in [0.25, 0.3) is 0 Å². The van der Waals surface area contributed by atoms with Crippen LogP contribution in [0.1, 0.15) is 33.1 Å². The van der Waals surface area contributed by atoms with Crippen LogP contribution in [0.15, 0.2) is 0 Å². The van der Waals surface area contributed by atoms with Gasteiger partial charge in [-0.2, -0.15) is 0 Å². The summed E-state index contributed by atoms with van der Waals surface area (Å²) in [5.41, 5.74) is 0. The van der Waals surface area contributed by atoms with Crippen molar-refractivity contribution in [3.05, 3.63) is 0 Å². The Kier molecular flexibility index (Phi) is 3.65. The molecule has 0 amide bonds. The van der Waals surface area contributed by atoms with Gasteiger partial charge in [-0.05, 0) is 33.1 Å². The molecule has 4 unspecified atom stereocenters. The average Bonchev–Trinajstić information content (AvgIpc) is 2.69. The van der Waals surface area contributed by atoms with Gasteiger partial charge in [0.25, 0.3) is 0 Å². The molecule has 0 aromatic heterocycles. The van der Waals surface area contributed by atoms with Crippen molar-refractivity contribution in [2.45, 2.75) is 57.3 Å². The fraction of sp³-hybridized carbons (Fsp3) is 1.00. The Morgan fingerprint density at radius 2 is 2.07 bits per heavy atom. The number of methoxy groups -OCH3 is 1. The number of piperazine rings is 1. The first-order valence-electron chi connectivity index (χ1n) is 6.24. The summed E-state index contributed by atoms with van der Waals surface area (Å²) in [5, 5.41) is 3.54. The molecule has 1 aliphatic heterocycles. The Morgan fingerprint density at radius 1 is 1.27 bits per heavy atom. The first-order chi connectivity index (χ1) is 7.22. The fourth-order valence-electron chi connectivity index (χ4n) is 3.07. The first kappa shape index (κ1) is 11.4. The second-order valence-corrected chi connectivity index (χ2v) is 5.13. The minimum atomic E-state index is 0.470. The molecule has 2 aliphatic rings. The summed E-state index contributed by atoms with van der Waals surface area (Å²) >= 11 is 0. The molecule has 3 nitrogen and oxygen atoms in total. The highest BCUT2D eigenvalue weighted by molar-refractivity contribution is 4.92. The smallest absolute Gasteiger partial charge is 0.0726 e. The van der Waals surface area contributed by atoms with Gasteiger partial charge in [0.15, 0.2) is 0 Å². The lowest BCUT2D eigenvalue weighted by molar-refractivity contribution is 0.00219. The normalized spacial score (nSPS) is 43.4. The van der Waals surface area contributed by atoms with E-state index in [1.807, 2.05) is 7.11 Å². The minimum Gasteiger partial charge on any atom is -0.380 e. The molecule has 88 valence electrons. The molecular weight excluding hydrogens is 188 g/mol. The molecule has 0 spiro atoms. The zero-order chi connectivity index (χ0) is 10.8. The van der Waals surface area contributed by atoms with Gasteiger partial charge in [-0.3, -0.25) is 4.90 Å². The molecule has 1 saturated carbocycles. The maximum Gasteiger partial charge on any atom is 0.0726 e. The molecule has 2 rings (SSSR count). The summed E-state index contributed by atoms with van der Waals surface area (Å²) < 4.78 is 5.60. The molecule has 1 aliphatic carbocycles. The summed E-state index contributed by atoms with van der Waals surface area (Å²) in [4.78, 5) is 2.66. The maximum atomic E-state index is 5.60. The van der Waals surface area contributed by atoms with Gasteiger partial charge in [-0.1, -0.05) is 0 Å². The van der Waals surface area contributed by atoms with Crippen LogP contribution in [0.5, 0.6) is 0 Å². The lowest BCUT2D eigenvalue weighted by Gasteiger charge is -2.43. The van der Waals surface area contributed by atoms with E-state index in [0.29, 0.717) is 24.2 Å². The van der Waals surface area contributed by atoms with Gasteiger partial charge in [0, 0.05) is 38.3 Å². The topological polar surface area (TPSA) is 24.5 Å². The highest BCUT2D eigenvalue weighted by Crippen LogP contribution is 2.28. The third-order valence-corrected chi connectivity index (χ3v) is 3.96. The Morgan fingerprint density at radius 3 is 2.80 bits per heavy atom. The van der Waals surface area contributed by atoms with Crippen molar-refractivity contribution < 1.29 is 4.74 Å². The largest absolute Gasteiger partial charge is 0.380 e. The number of nitrogens with zero attached hydrogens (tertiary/aromatic N) is 1. The van der Waals surface area contributed by atoms with E-state index in [2.05, 4.69) is 24.1 Å². The average molecular weight is 212 g/mol. The monoisotopic (exact) mass is 212 g/mol. The lowest BCUT2D eigenvalue weighted by Crippen LogP contribution is -2.59. The summed E-state index contributed by atoms with van der Waals surface area (Å²) in [7, 11) is 1.86. The minimum absolute atomic E-state index is 0.470. The highest BCUT2D eigenvalue weighted by atomic mass is 16.5. The zero-order valence-corrected chi connectivity index (χ0v) is 10.2. The molecule has 1 saturated heterocycles. The van der Waals surface area contributed by atoms with Crippen molar-refractivity contribution in [2.24, 2.45) is 0 Å². The summed E-state index contributed by atoms with van der Waals surface area (Å²) in [5.74, 6) is 0. The number of hydrogen-bond acceptors (Lipinski definition) is 3.